The maximum absolute atomic E-state index is 12.3. The van der Waals surface area contributed by atoms with Crippen molar-refractivity contribution in [3.63, 3.8) is 0 Å². The van der Waals surface area contributed by atoms with E-state index in [0.717, 1.165) is 24.0 Å². The summed E-state index contributed by atoms with van der Waals surface area (Å²) in [5.74, 6) is -0.351. The number of anilines is 1. The van der Waals surface area contributed by atoms with Gasteiger partial charge in [-0.3, -0.25) is 0 Å². The Kier molecular flexibility index (Phi) is 3.65. The lowest BCUT2D eigenvalue weighted by molar-refractivity contribution is 0.0527. The van der Waals surface area contributed by atoms with Crippen LogP contribution < -0.4 is 10.6 Å². The summed E-state index contributed by atoms with van der Waals surface area (Å²) in [4.78, 5) is 23.8. The van der Waals surface area contributed by atoms with Crippen LogP contribution in [0.2, 0.25) is 0 Å². The van der Waals surface area contributed by atoms with Crippen molar-refractivity contribution in [2.45, 2.75) is 50.7 Å². The van der Waals surface area contributed by atoms with Gasteiger partial charge in [0.2, 0.25) is 0 Å². The molecule has 2 saturated heterocycles. The van der Waals surface area contributed by atoms with Crippen LogP contribution >= 0.6 is 0 Å². The minimum absolute atomic E-state index is 0.343. The number of pyridine rings is 1. The molecule has 4 heterocycles. The Morgan fingerprint density at radius 1 is 1.35 bits per heavy atom. The fourth-order valence-electron chi connectivity index (χ4n) is 3.79. The molecule has 0 aromatic carbocycles. The molecule has 7 nitrogen and oxygen atoms in total. The number of nitrogens with one attached hydrogen (secondary N) is 3. The van der Waals surface area contributed by atoms with Gasteiger partial charge in [0.1, 0.15) is 11.1 Å². The monoisotopic (exact) mass is 315 g/mol. The average Bonchev–Trinajstić information content (AvgIpc) is 3.14. The normalized spacial score (nSPS) is 26.4. The summed E-state index contributed by atoms with van der Waals surface area (Å²) >= 11 is 0. The zero-order valence-corrected chi connectivity index (χ0v) is 13.1. The van der Waals surface area contributed by atoms with Crippen LogP contribution in [0, 0.1) is 0 Å². The van der Waals surface area contributed by atoms with Gasteiger partial charge >= 0.3 is 5.97 Å². The number of ether oxygens (including phenoxy) is 1. The van der Waals surface area contributed by atoms with Crippen LogP contribution in [0.25, 0.3) is 11.2 Å². The largest absolute Gasteiger partial charge is 0.462 e. The summed E-state index contributed by atoms with van der Waals surface area (Å²) < 4.78 is 5.17. The molecule has 2 aliphatic heterocycles. The first-order valence-electron chi connectivity index (χ1n) is 8.26. The van der Waals surface area contributed by atoms with Crippen molar-refractivity contribution in [1.29, 1.82) is 0 Å². The van der Waals surface area contributed by atoms with E-state index in [2.05, 4.69) is 25.6 Å². The molecule has 0 saturated carbocycles. The molecular formula is C16H21N5O2. The van der Waals surface area contributed by atoms with Crippen LogP contribution in [0.3, 0.4) is 0 Å². The van der Waals surface area contributed by atoms with E-state index in [0.29, 0.717) is 35.9 Å². The number of hydrogen-bond donors (Lipinski definition) is 3. The van der Waals surface area contributed by atoms with E-state index in [1.165, 1.54) is 12.8 Å². The highest BCUT2D eigenvalue weighted by atomic mass is 16.5. The van der Waals surface area contributed by atoms with E-state index in [1.807, 2.05) is 0 Å². The number of aromatic nitrogens is 3. The molecule has 0 spiro atoms. The second kappa shape index (κ2) is 5.81. The zero-order valence-electron chi connectivity index (χ0n) is 13.1. The summed E-state index contributed by atoms with van der Waals surface area (Å²) in [5.41, 5.74) is 2.60. The molecule has 23 heavy (non-hydrogen) atoms. The molecule has 4 rings (SSSR count). The van der Waals surface area contributed by atoms with E-state index in [1.54, 1.807) is 19.4 Å². The SMILES string of the molecule is CCOC(=O)c1cnc2nc[nH]c2c1NC1C[C@H]2CC[C@@H](C1)N2. The number of hydrogen-bond acceptors (Lipinski definition) is 6. The van der Waals surface area contributed by atoms with Gasteiger partial charge < -0.3 is 20.4 Å². The number of rotatable bonds is 4. The van der Waals surface area contributed by atoms with Gasteiger partial charge in [-0.2, -0.15) is 0 Å². The van der Waals surface area contributed by atoms with Crippen molar-refractivity contribution in [3.8, 4) is 0 Å². The van der Waals surface area contributed by atoms with Gasteiger partial charge in [-0.1, -0.05) is 0 Å². The van der Waals surface area contributed by atoms with Crippen molar-refractivity contribution in [1.82, 2.24) is 20.3 Å². The fraction of sp³-hybridized carbons (Fsp3) is 0.562. The molecule has 7 heteroatoms. The molecule has 2 aromatic heterocycles. The third kappa shape index (κ3) is 2.65. The van der Waals surface area contributed by atoms with Crippen molar-refractivity contribution < 1.29 is 9.53 Å². The lowest BCUT2D eigenvalue weighted by atomic mass is 9.99. The third-order valence-corrected chi connectivity index (χ3v) is 4.77. The summed E-state index contributed by atoms with van der Waals surface area (Å²) in [6, 6.07) is 1.50. The van der Waals surface area contributed by atoms with Crippen LogP contribution in [0.5, 0.6) is 0 Å². The maximum atomic E-state index is 12.3. The molecule has 122 valence electrons. The molecule has 3 N–H and O–H groups in total. The van der Waals surface area contributed by atoms with Gasteiger partial charge in [0.15, 0.2) is 5.65 Å². The molecule has 2 bridgehead atoms. The Morgan fingerprint density at radius 3 is 2.87 bits per heavy atom. The molecule has 1 unspecified atom stereocenters. The van der Waals surface area contributed by atoms with Crippen LogP contribution in [0.1, 0.15) is 43.0 Å². The number of H-pyrrole nitrogens is 1. The number of carbonyl (C=O) groups is 1. The minimum atomic E-state index is -0.351. The Labute approximate surface area is 134 Å². The topological polar surface area (TPSA) is 91.9 Å². The summed E-state index contributed by atoms with van der Waals surface area (Å²) in [5, 5.41) is 7.20. The van der Waals surface area contributed by atoms with E-state index in [4.69, 9.17) is 4.74 Å². The Balaban J connectivity index is 1.67. The van der Waals surface area contributed by atoms with E-state index < -0.39 is 0 Å². The summed E-state index contributed by atoms with van der Waals surface area (Å²) in [6.45, 7) is 2.15. The second-order valence-corrected chi connectivity index (χ2v) is 6.32. The molecule has 3 atom stereocenters. The highest BCUT2D eigenvalue weighted by Crippen LogP contribution is 2.31. The Morgan fingerprint density at radius 2 is 2.13 bits per heavy atom. The number of nitrogens with zero attached hydrogens (tertiary/aromatic N) is 2. The molecule has 0 amide bonds. The van der Waals surface area contributed by atoms with Gasteiger partial charge in [-0.25, -0.2) is 14.8 Å². The van der Waals surface area contributed by atoms with Crippen LogP contribution in [0.4, 0.5) is 5.69 Å². The minimum Gasteiger partial charge on any atom is -0.462 e. The average molecular weight is 315 g/mol. The van der Waals surface area contributed by atoms with Crippen LogP contribution in [-0.2, 0) is 4.74 Å². The lowest BCUT2D eigenvalue weighted by Crippen LogP contribution is -2.43. The van der Waals surface area contributed by atoms with E-state index in [9.17, 15) is 4.79 Å². The fourth-order valence-corrected chi connectivity index (χ4v) is 3.79. The molecule has 0 aliphatic carbocycles. The smallest absolute Gasteiger partial charge is 0.341 e. The second-order valence-electron chi connectivity index (χ2n) is 6.32. The van der Waals surface area contributed by atoms with Crippen molar-refractivity contribution in [2.75, 3.05) is 11.9 Å². The first-order valence-corrected chi connectivity index (χ1v) is 8.26. The van der Waals surface area contributed by atoms with Gasteiger partial charge in [0.25, 0.3) is 0 Å². The number of piperidine rings is 1. The number of aromatic amines is 1. The van der Waals surface area contributed by atoms with Gasteiger partial charge in [-0.05, 0) is 32.6 Å². The van der Waals surface area contributed by atoms with Crippen molar-refractivity contribution >= 4 is 22.8 Å². The maximum Gasteiger partial charge on any atom is 0.341 e. The lowest BCUT2D eigenvalue weighted by Gasteiger charge is -2.31. The van der Waals surface area contributed by atoms with Gasteiger partial charge in [0.05, 0.1) is 18.6 Å². The zero-order chi connectivity index (χ0) is 15.8. The summed E-state index contributed by atoms with van der Waals surface area (Å²) in [6.07, 6.45) is 7.77. The van der Waals surface area contributed by atoms with Gasteiger partial charge in [0, 0.05) is 24.3 Å². The van der Waals surface area contributed by atoms with Crippen molar-refractivity contribution in [2.24, 2.45) is 0 Å². The first kappa shape index (κ1) is 14.4. The molecule has 2 aromatic rings. The number of esters is 1. The first-order chi connectivity index (χ1) is 11.2. The molecule has 2 fully saturated rings. The number of carbonyl (C=O) groups excluding carboxylic acids is 1. The van der Waals surface area contributed by atoms with Crippen molar-refractivity contribution in [3.05, 3.63) is 18.1 Å². The third-order valence-electron chi connectivity index (χ3n) is 4.77. The Bertz CT molecular complexity index is 716. The quantitative estimate of drug-likeness (QED) is 0.746. The predicted molar refractivity (Wildman–Crippen MR) is 86.4 cm³/mol. The standard InChI is InChI=1S/C16H21N5O2/c1-2-23-16(22)12-7-17-15-14(18-8-19-15)13(12)21-11-5-9-3-4-10(6-11)20-9/h7-11,20H,2-6H2,1H3,(H2,17,18,19,21)/t9-,10+,11?. The Hall–Kier alpha value is -2.15. The number of imidazole rings is 1. The predicted octanol–water partition coefficient (Wildman–Crippen LogP) is 1.83. The highest BCUT2D eigenvalue weighted by Gasteiger charge is 2.34. The van der Waals surface area contributed by atoms with Gasteiger partial charge in [-0.15, -0.1) is 0 Å². The molecular weight excluding hydrogens is 294 g/mol. The van der Waals surface area contributed by atoms with Crippen LogP contribution in [0.15, 0.2) is 12.5 Å². The van der Waals surface area contributed by atoms with Crippen LogP contribution in [-0.4, -0.2) is 45.7 Å². The summed E-state index contributed by atoms with van der Waals surface area (Å²) in [7, 11) is 0. The van der Waals surface area contributed by atoms with E-state index >= 15 is 0 Å². The van der Waals surface area contributed by atoms with E-state index in [-0.39, 0.29) is 5.97 Å². The molecule has 0 radical (unpaired) electrons. The highest BCUT2D eigenvalue weighted by molar-refractivity contribution is 6.02. The molecule has 2 aliphatic rings. The number of fused-ring (bicyclic) bond motifs is 3.